The molecule has 2 N–H and O–H groups in total. The Hall–Kier alpha value is -1.77. The minimum Gasteiger partial charge on any atom is -0.317 e. The number of nitrogens with one attached hydrogen (secondary N) is 2. The van der Waals surface area contributed by atoms with Gasteiger partial charge in [0, 0.05) is 25.7 Å². The molecule has 3 aromatic rings. The molecule has 0 aliphatic heterocycles. The highest BCUT2D eigenvalue weighted by molar-refractivity contribution is 14.1. The topological polar surface area (TPSA) is 54.0 Å². The Bertz CT molecular complexity index is 993. The third-order valence-electron chi connectivity index (χ3n) is 3.62. The van der Waals surface area contributed by atoms with Gasteiger partial charge in [0.15, 0.2) is 5.11 Å². The van der Waals surface area contributed by atoms with Gasteiger partial charge in [-0.1, -0.05) is 35.9 Å². The zero-order chi connectivity index (χ0) is 18.0. The number of hydrogen-bond acceptors (Lipinski definition) is 3. The molecule has 0 radical (unpaired) electrons. The molecule has 2 aromatic carbocycles. The summed E-state index contributed by atoms with van der Waals surface area (Å²) in [6.07, 6.45) is 1.73. The van der Waals surface area contributed by atoms with E-state index in [1.807, 2.05) is 31.2 Å². The molecule has 0 saturated heterocycles. The number of rotatable bonds is 2. The number of thiocarbonyl (C=S) groups is 1. The van der Waals surface area contributed by atoms with Gasteiger partial charge in [0.2, 0.25) is 0 Å². The van der Waals surface area contributed by atoms with E-state index in [2.05, 4.69) is 38.2 Å². The SMILES string of the molecule is Cc1cc(I)cnc1NC(=S)NC(=O)c1cccc2c(Cl)cccc12. The summed E-state index contributed by atoms with van der Waals surface area (Å²) in [6, 6.07) is 12.9. The molecule has 3 rings (SSSR count). The Morgan fingerprint density at radius 3 is 2.68 bits per heavy atom. The lowest BCUT2D eigenvalue weighted by molar-refractivity contribution is 0.0979. The lowest BCUT2D eigenvalue weighted by atomic mass is 10.0. The highest BCUT2D eigenvalue weighted by Crippen LogP contribution is 2.26. The Kier molecular flexibility index (Phi) is 5.51. The van der Waals surface area contributed by atoms with Gasteiger partial charge in [-0.05, 0) is 70.9 Å². The molecule has 0 atom stereocenters. The van der Waals surface area contributed by atoms with E-state index in [-0.39, 0.29) is 11.0 Å². The summed E-state index contributed by atoms with van der Waals surface area (Å²) in [7, 11) is 0. The monoisotopic (exact) mass is 481 g/mol. The number of carbonyl (C=O) groups excluding carboxylic acids is 1. The van der Waals surface area contributed by atoms with Crippen LogP contribution in [0.15, 0.2) is 48.7 Å². The molecule has 25 heavy (non-hydrogen) atoms. The fourth-order valence-electron chi connectivity index (χ4n) is 2.45. The summed E-state index contributed by atoms with van der Waals surface area (Å²) in [5.41, 5.74) is 1.46. The fourth-order valence-corrected chi connectivity index (χ4v) is 3.48. The van der Waals surface area contributed by atoms with E-state index in [9.17, 15) is 4.79 Å². The maximum absolute atomic E-state index is 12.6. The first kappa shape index (κ1) is 18.0. The van der Waals surface area contributed by atoms with Crippen LogP contribution in [0.3, 0.4) is 0 Å². The molecule has 4 nitrogen and oxygen atoms in total. The van der Waals surface area contributed by atoms with E-state index in [1.54, 1.807) is 24.4 Å². The third kappa shape index (κ3) is 4.08. The number of anilines is 1. The molecule has 0 aliphatic rings. The van der Waals surface area contributed by atoms with E-state index >= 15 is 0 Å². The van der Waals surface area contributed by atoms with Gasteiger partial charge >= 0.3 is 0 Å². The molecule has 0 fully saturated rings. The molecule has 126 valence electrons. The average Bonchev–Trinajstić information content (AvgIpc) is 2.57. The number of aromatic nitrogens is 1. The minimum atomic E-state index is -0.298. The van der Waals surface area contributed by atoms with Crippen molar-refractivity contribution in [2.45, 2.75) is 6.92 Å². The molecule has 0 unspecified atom stereocenters. The van der Waals surface area contributed by atoms with Crippen molar-refractivity contribution in [1.29, 1.82) is 0 Å². The van der Waals surface area contributed by atoms with Crippen molar-refractivity contribution in [1.82, 2.24) is 10.3 Å². The molecule has 0 spiro atoms. The van der Waals surface area contributed by atoms with Gasteiger partial charge in [-0.2, -0.15) is 0 Å². The smallest absolute Gasteiger partial charge is 0.258 e. The Morgan fingerprint density at radius 1 is 1.20 bits per heavy atom. The number of amides is 1. The fraction of sp³-hybridized carbons (Fsp3) is 0.0556. The van der Waals surface area contributed by atoms with Crippen LogP contribution in [0.4, 0.5) is 5.82 Å². The molecule has 0 saturated carbocycles. The van der Waals surface area contributed by atoms with E-state index in [0.29, 0.717) is 16.4 Å². The Morgan fingerprint density at radius 2 is 1.92 bits per heavy atom. The zero-order valence-corrected chi connectivity index (χ0v) is 16.9. The predicted octanol–water partition coefficient (Wildman–Crippen LogP) is 4.93. The molecule has 0 bridgehead atoms. The van der Waals surface area contributed by atoms with Gasteiger partial charge < -0.3 is 5.32 Å². The first-order valence-corrected chi connectivity index (χ1v) is 9.24. The minimum absolute atomic E-state index is 0.195. The van der Waals surface area contributed by atoms with Crippen LogP contribution in [0.2, 0.25) is 5.02 Å². The lowest BCUT2D eigenvalue weighted by Crippen LogP contribution is -2.34. The summed E-state index contributed by atoms with van der Waals surface area (Å²) in [5, 5.41) is 8.05. The van der Waals surface area contributed by atoms with Gasteiger partial charge in [0.25, 0.3) is 5.91 Å². The quantitative estimate of drug-likeness (QED) is 0.403. The van der Waals surface area contributed by atoms with Gasteiger partial charge in [-0.15, -0.1) is 0 Å². The standard InChI is InChI=1S/C18H13ClIN3OS/c1-10-8-11(20)9-21-16(10)22-18(25)23-17(24)14-6-2-5-13-12(14)4-3-7-15(13)19/h2-9H,1H3,(H2,21,22,23,24,25). The molecular formula is C18H13ClIN3OS. The van der Waals surface area contributed by atoms with E-state index in [4.69, 9.17) is 23.8 Å². The number of pyridine rings is 1. The maximum atomic E-state index is 12.6. The number of fused-ring (bicyclic) bond motifs is 1. The normalized spacial score (nSPS) is 10.5. The molecule has 0 aliphatic carbocycles. The number of nitrogens with zero attached hydrogens (tertiary/aromatic N) is 1. The second-order valence-electron chi connectivity index (χ2n) is 5.37. The average molecular weight is 482 g/mol. The number of carbonyl (C=O) groups is 1. The van der Waals surface area contributed by atoms with Gasteiger partial charge in [0.1, 0.15) is 5.82 Å². The second kappa shape index (κ2) is 7.63. The molecule has 7 heteroatoms. The Balaban J connectivity index is 1.80. The van der Waals surface area contributed by atoms with Gasteiger partial charge in [-0.3, -0.25) is 10.1 Å². The summed E-state index contributed by atoms with van der Waals surface area (Å²) in [6.45, 7) is 1.93. The Labute approximate surface area is 169 Å². The van der Waals surface area contributed by atoms with Crippen LogP contribution in [0.5, 0.6) is 0 Å². The molecule has 1 amide bonds. The maximum Gasteiger partial charge on any atom is 0.258 e. The highest BCUT2D eigenvalue weighted by atomic mass is 127. The summed E-state index contributed by atoms with van der Waals surface area (Å²) < 4.78 is 1.03. The van der Waals surface area contributed by atoms with Crippen molar-refractivity contribution in [3.63, 3.8) is 0 Å². The van der Waals surface area contributed by atoms with E-state index < -0.39 is 0 Å². The zero-order valence-electron chi connectivity index (χ0n) is 13.1. The summed E-state index contributed by atoms with van der Waals surface area (Å²) >= 11 is 13.6. The van der Waals surface area contributed by atoms with Gasteiger partial charge in [-0.25, -0.2) is 4.98 Å². The van der Waals surface area contributed by atoms with Crippen LogP contribution in [0.1, 0.15) is 15.9 Å². The predicted molar refractivity (Wildman–Crippen MR) is 114 cm³/mol. The number of halogens is 2. The van der Waals surface area contributed by atoms with Crippen LogP contribution in [-0.4, -0.2) is 16.0 Å². The molecular weight excluding hydrogens is 469 g/mol. The second-order valence-corrected chi connectivity index (χ2v) is 7.43. The van der Waals surface area contributed by atoms with Crippen LogP contribution >= 0.6 is 46.4 Å². The molecule has 1 heterocycles. The first-order chi connectivity index (χ1) is 12.0. The first-order valence-electron chi connectivity index (χ1n) is 7.37. The lowest BCUT2D eigenvalue weighted by Gasteiger charge is -2.12. The third-order valence-corrected chi connectivity index (χ3v) is 4.74. The number of aryl methyl sites for hydroxylation is 1. The highest BCUT2D eigenvalue weighted by Gasteiger charge is 2.13. The van der Waals surface area contributed by atoms with Crippen molar-refractivity contribution in [2.75, 3.05) is 5.32 Å². The van der Waals surface area contributed by atoms with E-state index in [0.717, 1.165) is 19.9 Å². The van der Waals surface area contributed by atoms with Crippen LogP contribution in [0, 0.1) is 10.5 Å². The largest absolute Gasteiger partial charge is 0.317 e. The van der Waals surface area contributed by atoms with Crippen LogP contribution in [-0.2, 0) is 0 Å². The van der Waals surface area contributed by atoms with Crippen molar-refractivity contribution in [2.24, 2.45) is 0 Å². The van der Waals surface area contributed by atoms with E-state index in [1.165, 1.54) is 0 Å². The number of hydrogen-bond donors (Lipinski definition) is 2. The van der Waals surface area contributed by atoms with Crippen molar-refractivity contribution in [3.8, 4) is 0 Å². The molecule has 1 aromatic heterocycles. The van der Waals surface area contributed by atoms with Crippen molar-refractivity contribution >= 4 is 74.0 Å². The number of benzene rings is 2. The van der Waals surface area contributed by atoms with Crippen molar-refractivity contribution in [3.05, 3.63) is 68.4 Å². The summed E-state index contributed by atoms with van der Waals surface area (Å²) in [5.74, 6) is 0.320. The van der Waals surface area contributed by atoms with Gasteiger partial charge in [0.05, 0.1) is 0 Å². The van der Waals surface area contributed by atoms with Crippen LogP contribution in [0.25, 0.3) is 10.8 Å². The summed E-state index contributed by atoms with van der Waals surface area (Å²) in [4.78, 5) is 16.9. The van der Waals surface area contributed by atoms with Crippen LogP contribution < -0.4 is 10.6 Å². The van der Waals surface area contributed by atoms with Crippen molar-refractivity contribution < 1.29 is 4.79 Å².